The molecule has 4 rings (SSSR count). The smallest absolute Gasteiger partial charge is 0.480 e. The number of carboxylic acids is 1. The van der Waals surface area contributed by atoms with Gasteiger partial charge in [-0.3, -0.25) is 9.59 Å². The molecule has 7 nitrogen and oxygen atoms in total. The highest BCUT2D eigenvalue weighted by molar-refractivity contribution is 5.96. The van der Waals surface area contributed by atoms with Crippen LogP contribution in [0.4, 0.5) is 26.3 Å². The van der Waals surface area contributed by atoms with Gasteiger partial charge in [-0.2, -0.15) is 0 Å². The lowest BCUT2D eigenvalue weighted by Gasteiger charge is -2.15. The van der Waals surface area contributed by atoms with Crippen molar-refractivity contribution in [1.82, 2.24) is 5.32 Å². The highest BCUT2D eigenvalue weighted by Gasteiger charge is 2.31. The lowest BCUT2D eigenvalue weighted by Crippen LogP contribution is -2.38. The fourth-order valence-corrected chi connectivity index (χ4v) is 3.85. The topological polar surface area (TPSA) is 94.1 Å². The highest BCUT2D eigenvalue weighted by atomic mass is 19.4. The Morgan fingerprint density at radius 2 is 1.14 bits per heavy atom. The van der Waals surface area contributed by atoms with E-state index in [1.54, 1.807) is 18.2 Å². The molecule has 1 atom stereocenters. The first-order valence-corrected chi connectivity index (χ1v) is 12.3. The number of rotatable bonds is 9. The summed E-state index contributed by atoms with van der Waals surface area (Å²) in [4.78, 5) is 23.3. The Labute approximate surface area is 240 Å². The normalized spacial score (nSPS) is 12.3. The largest absolute Gasteiger partial charge is 0.573 e. The van der Waals surface area contributed by atoms with Crippen molar-refractivity contribution in [1.29, 1.82) is 0 Å². The van der Waals surface area contributed by atoms with E-state index < -0.39 is 42.1 Å². The molecule has 0 unspecified atom stereocenters. The van der Waals surface area contributed by atoms with Crippen LogP contribution in [-0.2, 0) is 4.79 Å². The van der Waals surface area contributed by atoms with Gasteiger partial charge in [0.2, 0.25) is 0 Å². The number of nitrogens with one attached hydrogen (secondary N) is 1. The minimum absolute atomic E-state index is 0.163. The number of halogens is 6. The fourth-order valence-electron chi connectivity index (χ4n) is 3.85. The Kier molecular flexibility index (Phi) is 8.83. The van der Waals surface area contributed by atoms with E-state index in [-0.39, 0.29) is 17.1 Å². The summed E-state index contributed by atoms with van der Waals surface area (Å²) < 4.78 is 89.3. The van der Waals surface area contributed by atoms with Gasteiger partial charge in [-0.05, 0) is 78.2 Å². The van der Waals surface area contributed by atoms with Crippen LogP contribution in [0.3, 0.4) is 0 Å². The molecule has 4 aromatic carbocycles. The third-order valence-electron chi connectivity index (χ3n) is 5.86. The van der Waals surface area contributed by atoms with E-state index in [4.69, 9.17) is 9.84 Å². The van der Waals surface area contributed by atoms with Crippen molar-refractivity contribution in [3.05, 3.63) is 96.6 Å². The second-order valence-corrected chi connectivity index (χ2v) is 9.02. The van der Waals surface area contributed by atoms with E-state index in [9.17, 15) is 35.9 Å². The summed E-state index contributed by atoms with van der Waals surface area (Å²) in [5.41, 5.74) is 2.13. The van der Waals surface area contributed by atoms with Gasteiger partial charge in [0.15, 0.2) is 0 Å². The Balaban J connectivity index is 1.65. The van der Waals surface area contributed by atoms with Crippen molar-refractivity contribution in [3.63, 3.8) is 0 Å². The molecule has 1 amide bonds. The first-order chi connectivity index (χ1) is 20.2. The molecule has 0 heterocycles. The van der Waals surface area contributed by atoms with E-state index in [0.717, 1.165) is 24.3 Å². The van der Waals surface area contributed by atoms with Crippen LogP contribution in [0, 0.1) is 0 Å². The third-order valence-corrected chi connectivity index (χ3v) is 5.86. The van der Waals surface area contributed by atoms with Gasteiger partial charge in [-0.15, -0.1) is 26.3 Å². The predicted octanol–water partition coefficient (Wildman–Crippen LogP) is 7.81. The molecule has 0 fully saturated rings. The first kappa shape index (κ1) is 30.8. The van der Waals surface area contributed by atoms with Crippen molar-refractivity contribution in [2.45, 2.75) is 25.7 Å². The van der Waals surface area contributed by atoms with E-state index in [1.807, 2.05) is 0 Å². The van der Waals surface area contributed by atoms with Gasteiger partial charge in [0.05, 0.1) is 0 Å². The molecule has 0 bridgehead atoms. The van der Waals surface area contributed by atoms with Gasteiger partial charge in [0, 0.05) is 11.1 Å². The highest BCUT2D eigenvalue weighted by Crippen LogP contribution is 2.38. The van der Waals surface area contributed by atoms with Gasteiger partial charge in [0.25, 0.3) is 5.91 Å². The summed E-state index contributed by atoms with van der Waals surface area (Å²) in [6.07, 6.45) is -9.72. The zero-order valence-electron chi connectivity index (χ0n) is 22.0. The average molecular weight is 605 g/mol. The zero-order valence-corrected chi connectivity index (χ0v) is 22.0. The maximum atomic E-state index is 12.6. The Morgan fingerprint density at radius 1 is 0.674 bits per heavy atom. The lowest BCUT2D eigenvalue weighted by molar-refractivity contribution is -0.275. The number of aliphatic carboxylic acids is 1. The molecular formula is C30H21F6NO6. The summed E-state index contributed by atoms with van der Waals surface area (Å²) in [5, 5.41) is 11.3. The fraction of sp³-hybridized carbons (Fsp3) is 0.133. The summed E-state index contributed by atoms with van der Waals surface area (Å²) in [5.74, 6) is -2.18. The molecule has 0 aromatic heterocycles. The minimum atomic E-state index is -4.87. The summed E-state index contributed by atoms with van der Waals surface area (Å²) in [6.45, 7) is 1.31. The van der Waals surface area contributed by atoms with Crippen molar-refractivity contribution >= 4 is 11.9 Å². The van der Waals surface area contributed by atoms with Crippen molar-refractivity contribution < 1.29 is 55.2 Å². The SMILES string of the molecule is C[C@H](NC(=O)c1ccc(Oc2cc(-c3ccc(OC(F)(F)F)cc3)ccc2-c2ccc(OC(F)(F)F)cc2)cc1)C(=O)O. The van der Waals surface area contributed by atoms with Gasteiger partial charge < -0.3 is 24.6 Å². The Morgan fingerprint density at radius 3 is 1.63 bits per heavy atom. The average Bonchev–Trinajstić information content (AvgIpc) is 2.92. The summed E-state index contributed by atoms with van der Waals surface area (Å²) in [6, 6.07) is 19.6. The molecule has 2 N–H and O–H groups in total. The van der Waals surface area contributed by atoms with Crippen molar-refractivity contribution in [2.75, 3.05) is 0 Å². The van der Waals surface area contributed by atoms with Gasteiger partial charge in [-0.25, -0.2) is 0 Å². The zero-order chi connectivity index (χ0) is 31.4. The van der Waals surface area contributed by atoms with Gasteiger partial charge >= 0.3 is 18.7 Å². The maximum Gasteiger partial charge on any atom is 0.573 e. The number of ether oxygens (including phenoxy) is 3. The van der Waals surface area contributed by atoms with Gasteiger partial charge in [0.1, 0.15) is 29.0 Å². The van der Waals surface area contributed by atoms with E-state index in [2.05, 4.69) is 14.8 Å². The van der Waals surface area contributed by atoms with Crippen LogP contribution in [0.1, 0.15) is 17.3 Å². The number of carbonyl (C=O) groups is 2. The third kappa shape index (κ3) is 8.64. The first-order valence-electron chi connectivity index (χ1n) is 12.3. The molecule has 0 aliphatic carbocycles. The van der Waals surface area contributed by atoms with E-state index in [1.165, 1.54) is 55.5 Å². The van der Waals surface area contributed by atoms with Crippen molar-refractivity contribution in [3.8, 4) is 45.3 Å². The number of carboxylic acid groups (broad SMARTS) is 1. The standard InChI is InChI=1S/C30H21F6NO6/c1-17(28(39)40)37-27(38)20-6-9-22(10-7-20)41-26-16-21(18-2-11-23(12-3-18)42-29(31,32)33)8-15-25(26)19-4-13-24(14-5-19)43-30(34,35)36/h2-17H,1H3,(H,37,38)(H,39,40)/t17-/m0/s1. The second-order valence-electron chi connectivity index (χ2n) is 9.02. The van der Waals surface area contributed by atoms with E-state index >= 15 is 0 Å². The number of benzene rings is 4. The predicted molar refractivity (Wildman–Crippen MR) is 142 cm³/mol. The molecule has 0 radical (unpaired) electrons. The van der Waals surface area contributed by atoms with Crippen LogP contribution in [-0.4, -0.2) is 35.7 Å². The minimum Gasteiger partial charge on any atom is -0.480 e. The molecule has 4 aromatic rings. The number of carbonyl (C=O) groups excluding carboxylic acids is 1. The lowest BCUT2D eigenvalue weighted by atomic mass is 9.99. The molecular weight excluding hydrogens is 584 g/mol. The molecule has 0 aliphatic rings. The van der Waals surface area contributed by atoms with Crippen LogP contribution in [0.5, 0.6) is 23.0 Å². The van der Waals surface area contributed by atoms with Crippen LogP contribution in [0.25, 0.3) is 22.3 Å². The van der Waals surface area contributed by atoms with Crippen LogP contribution in [0.15, 0.2) is 91.0 Å². The molecule has 0 spiro atoms. The molecule has 0 saturated carbocycles. The molecule has 224 valence electrons. The summed E-state index contributed by atoms with van der Waals surface area (Å²) >= 11 is 0. The van der Waals surface area contributed by atoms with E-state index in [0.29, 0.717) is 22.3 Å². The number of hydrogen-bond donors (Lipinski definition) is 2. The van der Waals surface area contributed by atoms with Crippen LogP contribution < -0.4 is 19.5 Å². The number of amides is 1. The number of alkyl halides is 6. The van der Waals surface area contributed by atoms with Gasteiger partial charge in [-0.1, -0.05) is 36.4 Å². The monoisotopic (exact) mass is 605 g/mol. The molecule has 13 heteroatoms. The van der Waals surface area contributed by atoms with Crippen molar-refractivity contribution in [2.24, 2.45) is 0 Å². The Hall–Kier alpha value is -5.20. The quantitative estimate of drug-likeness (QED) is 0.189. The maximum absolute atomic E-state index is 12.6. The summed E-state index contributed by atoms with van der Waals surface area (Å²) in [7, 11) is 0. The molecule has 0 aliphatic heterocycles. The molecule has 0 saturated heterocycles. The number of hydrogen-bond acceptors (Lipinski definition) is 5. The van der Waals surface area contributed by atoms with Crippen LogP contribution in [0.2, 0.25) is 0 Å². The van der Waals surface area contributed by atoms with Crippen LogP contribution >= 0.6 is 0 Å². The Bertz CT molecular complexity index is 1580. The molecule has 43 heavy (non-hydrogen) atoms. The second kappa shape index (κ2) is 12.3.